The molecule has 3 aliphatic rings. The van der Waals surface area contributed by atoms with Crippen LogP contribution in [0.2, 0.25) is 5.02 Å². The lowest BCUT2D eigenvalue weighted by Gasteiger charge is -2.41. The van der Waals surface area contributed by atoms with Crippen LogP contribution in [-0.2, 0) is 19.1 Å². The number of thioether (sulfide) groups is 1. The quantitative estimate of drug-likeness (QED) is 0.192. The molecule has 3 heterocycles. The van der Waals surface area contributed by atoms with Crippen molar-refractivity contribution in [3.63, 3.8) is 0 Å². The number of halogens is 1. The number of rotatable bonds is 13. The van der Waals surface area contributed by atoms with E-state index in [0.29, 0.717) is 30.0 Å². The molecule has 0 radical (unpaired) electrons. The van der Waals surface area contributed by atoms with Gasteiger partial charge < -0.3 is 19.6 Å². The van der Waals surface area contributed by atoms with Crippen LogP contribution in [0.4, 0.5) is 5.69 Å². The van der Waals surface area contributed by atoms with E-state index in [-0.39, 0.29) is 43.5 Å². The molecule has 3 saturated heterocycles. The maximum Gasteiger partial charge on any atom is 0.311 e. The number of allylic oxidation sites excluding steroid dienone is 1. The second-order valence-electron chi connectivity index (χ2n) is 11.4. The summed E-state index contributed by atoms with van der Waals surface area (Å²) in [5.41, 5.74) is 0.646. The van der Waals surface area contributed by atoms with Gasteiger partial charge in [0.15, 0.2) is 0 Å². The molecule has 9 heteroatoms. The third kappa shape index (κ3) is 5.12. The van der Waals surface area contributed by atoms with Crippen LogP contribution < -0.4 is 4.90 Å². The number of esters is 1. The molecular formula is C31H41ClN2O5S. The molecule has 2 amide bonds. The van der Waals surface area contributed by atoms with Crippen LogP contribution in [0.1, 0.15) is 52.9 Å². The van der Waals surface area contributed by atoms with Crippen LogP contribution in [0.5, 0.6) is 0 Å². The molecule has 7 atom stereocenters. The van der Waals surface area contributed by atoms with Crippen molar-refractivity contribution in [2.24, 2.45) is 17.8 Å². The third-order valence-electron chi connectivity index (χ3n) is 9.06. The zero-order valence-corrected chi connectivity index (χ0v) is 25.3. The molecule has 0 aromatic heterocycles. The zero-order valence-electron chi connectivity index (χ0n) is 23.7. The topological polar surface area (TPSA) is 87.1 Å². The molecule has 1 spiro atoms. The summed E-state index contributed by atoms with van der Waals surface area (Å²) in [6.45, 7) is 13.8. The van der Waals surface area contributed by atoms with Crippen molar-refractivity contribution in [1.29, 1.82) is 0 Å². The number of carbonyl (C=O) groups is 3. The van der Waals surface area contributed by atoms with Gasteiger partial charge >= 0.3 is 5.97 Å². The monoisotopic (exact) mass is 588 g/mol. The smallest absolute Gasteiger partial charge is 0.311 e. The van der Waals surface area contributed by atoms with Gasteiger partial charge in [-0.05, 0) is 62.8 Å². The van der Waals surface area contributed by atoms with Gasteiger partial charge in [0, 0.05) is 22.0 Å². The van der Waals surface area contributed by atoms with Crippen molar-refractivity contribution in [1.82, 2.24) is 4.90 Å². The van der Waals surface area contributed by atoms with Crippen molar-refractivity contribution >= 4 is 46.8 Å². The van der Waals surface area contributed by atoms with E-state index < -0.39 is 33.4 Å². The second kappa shape index (κ2) is 12.3. The summed E-state index contributed by atoms with van der Waals surface area (Å²) in [5, 5.41) is 11.1. The molecule has 2 bridgehead atoms. The molecule has 3 fully saturated rings. The first-order valence-corrected chi connectivity index (χ1v) is 15.4. The Morgan fingerprint density at radius 3 is 2.58 bits per heavy atom. The Morgan fingerprint density at radius 1 is 1.27 bits per heavy atom. The Kier molecular flexibility index (Phi) is 9.42. The number of hydrogen-bond donors (Lipinski definition) is 1. The van der Waals surface area contributed by atoms with E-state index in [1.165, 1.54) is 0 Å². The summed E-state index contributed by atoms with van der Waals surface area (Å²) in [6.07, 6.45) is 6.88. The summed E-state index contributed by atoms with van der Waals surface area (Å²) in [4.78, 5) is 46.0. The number of aliphatic hydroxyl groups is 1. The highest BCUT2D eigenvalue weighted by atomic mass is 35.5. The Labute approximate surface area is 246 Å². The highest BCUT2D eigenvalue weighted by Gasteiger charge is 2.78. The molecule has 4 rings (SSSR count). The van der Waals surface area contributed by atoms with Crippen LogP contribution in [0, 0.1) is 17.8 Å². The van der Waals surface area contributed by atoms with Crippen LogP contribution in [0.25, 0.3) is 0 Å². The average molecular weight is 589 g/mol. The highest BCUT2D eigenvalue weighted by Crippen LogP contribution is 2.72. The lowest BCUT2D eigenvalue weighted by Crippen LogP contribution is -2.58. The number of carbonyl (C=O) groups excluding carboxylic acids is 3. The van der Waals surface area contributed by atoms with E-state index in [1.807, 2.05) is 20.8 Å². The Bertz CT molecular complexity index is 1150. The maximum absolute atomic E-state index is 14.7. The maximum atomic E-state index is 14.7. The van der Waals surface area contributed by atoms with Gasteiger partial charge in [0.2, 0.25) is 5.91 Å². The SMILES string of the molecule is C=CCCCOC(=O)[C@@H]1[C@H]2C(=O)N([C@@H](CO)[C@@H](C)CC)C(C(=O)N(CC=C)c3ccc(Cl)cc3)C23CC[C@@]1(C)S3. The lowest BCUT2D eigenvalue weighted by molar-refractivity contribution is -0.156. The number of aliphatic hydroxyl groups excluding tert-OH is 1. The Hall–Kier alpha value is -2.29. The van der Waals surface area contributed by atoms with Crippen molar-refractivity contribution in [2.75, 3.05) is 24.7 Å². The van der Waals surface area contributed by atoms with Crippen molar-refractivity contribution in [3.05, 3.63) is 54.6 Å². The van der Waals surface area contributed by atoms with Gasteiger partial charge in [0.25, 0.3) is 5.91 Å². The van der Waals surface area contributed by atoms with Crippen molar-refractivity contribution < 1.29 is 24.2 Å². The molecule has 1 aromatic carbocycles. The molecule has 0 aliphatic carbocycles. The molecule has 1 aromatic rings. The number of nitrogens with zero attached hydrogens (tertiary/aromatic N) is 2. The van der Waals surface area contributed by atoms with Crippen molar-refractivity contribution in [2.45, 2.75) is 74.5 Å². The molecule has 2 unspecified atom stereocenters. The molecule has 7 nitrogen and oxygen atoms in total. The number of benzene rings is 1. The number of unbranched alkanes of at least 4 members (excludes halogenated alkanes) is 1. The average Bonchev–Trinajstić information content (AvgIpc) is 3.51. The zero-order chi connectivity index (χ0) is 29.2. The normalized spacial score (nSPS) is 30.1. The minimum Gasteiger partial charge on any atom is -0.465 e. The molecule has 0 saturated carbocycles. The van der Waals surface area contributed by atoms with E-state index >= 15 is 0 Å². The number of anilines is 1. The summed E-state index contributed by atoms with van der Waals surface area (Å²) in [5.74, 6) is -2.27. The van der Waals surface area contributed by atoms with E-state index in [2.05, 4.69) is 13.2 Å². The fourth-order valence-electron chi connectivity index (χ4n) is 6.88. The van der Waals surface area contributed by atoms with E-state index in [4.69, 9.17) is 16.3 Å². The van der Waals surface area contributed by atoms with E-state index in [1.54, 1.807) is 58.0 Å². The Morgan fingerprint density at radius 2 is 1.98 bits per heavy atom. The molecule has 1 N–H and O–H groups in total. The summed E-state index contributed by atoms with van der Waals surface area (Å²) in [7, 11) is 0. The lowest BCUT2D eigenvalue weighted by atomic mass is 9.66. The van der Waals surface area contributed by atoms with Crippen LogP contribution in [0.3, 0.4) is 0 Å². The largest absolute Gasteiger partial charge is 0.465 e. The number of fused-ring (bicyclic) bond motifs is 1. The number of ether oxygens (including phenoxy) is 1. The number of amides is 2. The van der Waals surface area contributed by atoms with E-state index in [9.17, 15) is 19.5 Å². The fourth-order valence-corrected chi connectivity index (χ4v) is 9.33. The fraction of sp³-hybridized carbons (Fsp3) is 0.581. The molecular weight excluding hydrogens is 548 g/mol. The molecule has 218 valence electrons. The Balaban J connectivity index is 1.80. The summed E-state index contributed by atoms with van der Waals surface area (Å²) in [6, 6.07) is 5.61. The van der Waals surface area contributed by atoms with E-state index in [0.717, 1.165) is 12.8 Å². The summed E-state index contributed by atoms with van der Waals surface area (Å²) >= 11 is 7.74. The van der Waals surface area contributed by atoms with Crippen molar-refractivity contribution in [3.8, 4) is 0 Å². The van der Waals surface area contributed by atoms with Gasteiger partial charge in [-0.15, -0.1) is 24.9 Å². The first kappa shape index (κ1) is 30.7. The second-order valence-corrected chi connectivity index (χ2v) is 13.8. The predicted octanol–water partition coefficient (Wildman–Crippen LogP) is 5.26. The van der Waals surface area contributed by atoms with Gasteiger partial charge in [-0.1, -0.05) is 44.0 Å². The van der Waals surface area contributed by atoms with Gasteiger partial charge in [0.05, 0.1) is 35.8 Å². The summed E-state index contributed by atoms with van der Waals surface area (Å²) < 4.78 is 4.39. The minimum atomic E-state index is -0.850. The van der Waals surface area contributed by atoms with Gasteiger partial charge in [-0.3, -0.25) is 14.4 Å². The molecule has 3 aliphatic heterocycles. The minimum absolute atomic E-state index is 0.0510. The van der Waals surface area contributed by atoms with Gasteiger partial charge in [0.1, 0.15) is 6.04 Å². The third-order valence-corrected chi connectivity index (χ3v) is 11.3. The van der Waals surface area contributed by atoms with Crippen LogP contribution in [0.15, 0.2) is 49.6 Å². The standard InChI is InChI=1S/C31H41ClN2O5S/c1-6-9-10-18-39-29(38)25-24-27(36)34(23(19-35)20(4)8-3)26(31(24)16-15-30(25,5)40-31)28(37)33(17-7-2)22-13-11-21(32)12-14-22/h6-7,11-14,20,23-26,35H,1-2,8-10,15-19H2,3-5H3/t20-,23-,24-,25-,26?,30+,31?/m0/s1. The first-order valence-electron chi connectivity index (χ1n) is 14.2. The highest BCUT2D eigenvalue weighted by molar-refractivity contribution is 8.02. The number of likely N-dealkylation sites (tertiary alicyclic amines) is 1. The van der Waals surface area contributed by atoms with Crippen LogP contribution in [-0.4, -0.2) is 69.1 Å². The van der Waals surface area contributed by atoms with Crippen LogP contribution >= 0.6 is 23.4 Å². The van der Waals surface area contributed by atoms with Gasteiger partial charge in [-0.2, -0.15) is 0 Å². The molecule has 40 heavy (non-hydrogen) atoms. The first-order chi connectivity index (χ1) is 19.1. The number of hydrogen-bond acceptors (Lipinski definition) is 6. The van der Waals surface area contributed by atoms with Gasteiger partial charge in [-0.25, -0.2) is 0 Å². The predicted molar refractivity (Wildman–Crippen MR) is 160 cm³/mol.